The van der Waals surface area contributed by atoms with Gasteiger partial charge in [-0.15, -0.1) is 11.3 Å². The Morgan fingerprint density at radius 1 is 1.33 bits per heavy atom. The van der Waals surface area contributed by atoms with Crippen LogP contribution in [0.25, 0.3) is 0 Å². The number of nitrogens with zero attached hydrogens (tertiary/aromatic N) is 1. The van der Waals surface area contributed by atoms with Gasteiger partial charge in [-0.3, -0.25) is 4.79 Å². The van der Waals surface area contributed by atoms with Crippen LogP contribution < -0.4 is 5.32 Å². The number of carbonyl (C=O) groups is 1. The number of carbonyl (C=O) groups excluding carboxylic acids is 1. The lowest BCUT2D eigenvalue weighted by Gasteiger charge is -2.22. The maximum absolute atomic E-state index is 12.5. The maximum atomic E-state index is 12.5. The number of thiophene rings is 1. The molecule has 1 saturated heterocycles. The van der Waals surface area contributed by atoms with Crippen molar-refractivity contribution in [1.82, 2.24) is 10.2 Å². The molecule has 116 valence electrons. The predicted molar refractivity (Wildman–Crippen MR) is 87.5 cm³/mol. The lowest BCUT2D eigenvalue weighted by atomic mass is 10.1. The van der Waals surface area contributed by atoms with Crippen molar-refractivity contribution in [2.24, 2.45) is 5.92 Å². The Balaban J connectivity index is 1.51. The molecule has 2 atom stereocenters. The van der Waals surface area contributed by atoms with Crippen LogP contribution in [0.4, 0.5) is 0 Å². The van der Waals surface area contributed by atoms with Crippen molar-refractivity contribution in [1.29, 1.82) is 0 Å². The van der Waals surface area contributed by atoms with Crippen LogP contribution in [0.2, 0.25) is 0 Å². The number of amides is 1. The van der Waals surface area contributed by atoms with Crippen LogP contribution in [0.5, 0.6) is 0 Å². The SMILES string of the molecule is Cc1ccc(C(C)NC2CCN(C(=O)C3CCCC3)C2)s1. The molecule has 4 heteroatoms. The maximum Gasteiger partial charge on any atom is 0.225 e. The molecule has 1 aromatic heterocycles. The summed E-state index contributed by atoms with van der Waals surface area (Å²) in [6.45, 7) is 6.21. The number of likely N-dealkylation sites (tertiary alicyclic amines) is 1. The van der Waals surface area contributed by atoms with Crippen molar-refractivity contribution < 1.29 is 4.79 Å². The van der Waals surface area contributed by atoms with E-state index in [-0.39, 0.29) is 0 Å². The topological polar surface area (TPSA) is 32.3 Å². The van der Waals surface area contributed by atoms with Gasteiger partial charge in [0.2, 0.25) is 5.91 Å². The van der Waals surface area contributed by atoms with E-state index in [1.165, 1.54) is 22.6 Å². The summed E-state index contributed by atoms with van der Waals surface area (Å²) in [5.41, 5.74) is 0. The van der Waals surface area contributed by atoms with Gasteiger partial charge >= 0.3 is 0 Å². The molecule has 3 rings (SSSR count). The first-order valence-corrected chi connectivity index (χ1v) is 9.06. The van der Waals surface area contributed by atoms with Crippen LogP contribution in [0.1, 0.15) is 54.8 Å². The molecule has 3 nitrogen and oxygen atoms in total. The van der Waals surface area contributed by atoms with Gasteiger partial charge in [-0.2, -0.15) is 0 Å². The molecule has 1 N–H and O–H groups in total. The summed E-state index contributed by atoms with van der Waals surface area (Å²) in [5, 5.41) is 3.70. The fourth-order valence-electron chi connectivity index (χ4n) is 3.65. The standard InChI is InChI=1S/C17H26N2OS/c1-12-7-8-16(21-12)13(2)18-15-9-10-19(11-15)17(20)14-5-3-4-6-14/h7-8,13-15,18H,3-6,9-11H2,1-2H3. The fourth-order valence-corrected chi connectivity index (χ4v) is 4.54. The first-order chi connectivity index (χ1) is 10.1. The van der Waals surface area contributed by atoms with Crippen LogP contribution in [0.15, 0.2) is 12.1 Å². The van der Waals surface area contributed by atoms with Crippen molar-refractivity contribution >= 4 is 17.2 Å². The van der Waals surface area contributed by atoms with E-state index in [9.17, 15) is 4.79 Å². The molecule has 2 heterocycles. The van der Waals surface area contributed by atoms with Crippen LogP contribution in [-0.2, 0) is 4.79 Å². The van der Waals surface area contributed by atoms with Gasteiger partial charge in [-0.25, -0.2) is 0 Å². The highest BCUT2D eigenvalue weighted by Crippen LogP contribution is 2.28. The van der Waals surface area contributed by atoms with E-state index in [2.05, 4.69) is 36.2 Å². The second kappa shape index (κ2) is 6.49. The first kappa shape index (κ1) is 15.0. The van der Waals surface area contributed by atoms with Gasteiger partial charge in [-0.1, -0.05) is 12.8 Å². The molecule has 1 aromatic rings. The smallest absolute Gasteiger partial charge is 0.225 e. The minimum absolute atomic E-state index is 0.320. The third-order valence-electron chi connectivity index (χ3n) is 4.88. The quantitative estimate of drug-likeness (QED) is 0.923. The van der Waals surface area contributed by atoms with E-state index in [1.807, 2.05) is 11.3 Å². The van der Waals surface area contributed by atoms with Crippen molar-refractivity contribution in [2.45, 2.75) is 58.0 Å². The van der Waals surface area contributed by atoms with Crippen molar-refractivity contribution in [3.8, 4) is 0 Å². The number of nitrogens with one attached hydrogen (secondary N) is 1. The highest BCUT2D eigenvalue weighted by molar-refractivity contribution is 7.12. The number of hydrogen-bond acceptors (Lipinski definition) is 3. The van der Waals surface area contributed by atoms with Gasteiger partial charge < -0.3 is 10.2 Å². The normalized spacial score (nSPS) is 24.7. The zero-order valence-corrected chi connectivity index (χ0v) is 13.9. The number of aryl methyl sites for hydroxylation is 1. The van der Waals surface area contributed by atoms with Gasteiger partial charge in [0.05, 0.1) is 0 Å². The molecule has 0 spiro atoms. The molecular formula is C17H26N2OS. The summed E-state index contributed by atoms with van der Waals surface area (Å²) in [5.74, 6) is 0.734. The van der Waals surface area contributed by atoms with Crippen molar-refractivity contribution in [3.63, 3.8) is 0 Å². The van der Waals surface area contributed by atoms with Crippen molar-refractivity contribution in [3.05, 3.63) is 21.9 Å². The largest absolute Gasteiger partial charge is 0.341 e. The Kier molecular flexibility index (Phi) is 4.65. The highest BCUT2D eigenvalue weighted by Gasteiger charge is 2.32. The summed E-state index contributed by atoms with van der Waals surface area (Å²) < 4.78 is 0. The van der Waals surface area contributed by atoms with Gasteiger partial charge in [0.15, 0.2) is 0 Å². The van der Waals surface area contributed by atoms with Crippen LogP contribution in [0, 0.1) is 12.8 Å². The molecule has 2 aliphatic rings. The molecule has 1 aliphatic carbocycles. The van der Waals surface area contributed by atoms with E-state index in [0.717, 1.165) is 32.4 Å². The van der Waals surface area contributed by atoms with Gasteiger partial charge in [0, 0.05) is 40.8 Å². The molecule has 0 bridgehead atoms. The van der Waals surface area contributed by atoms with E-state index < -0.39 is 0 Å². The summed E-state index contributed by atoms with van der Waals surface area (Å²) in [4.78, 5) is 17.3. The predicted octanol–water partition coefficient (Wildman–Crippen LogP) is 3.50. The molecule has 0 aromatic carbocycles. The third-order valence-corrected chi connectivity index (χ3v) is 6.06. The zero-order chi connectivity index (χ0) is 14.8. The number of hydrogen-bond donors (Lipinski definition) is 1. The Morgan fingerprint density at radius 3 is 2.76 bits per heavy atom. The van der Waals surface area contributed by atoms with Crippen molar-refractivity contribution in [2.75, 3.05) is 13.1 Å². The van der Waals surface area contributed by atoms with E-state index in [4.69, 9.17) is 0 Å². The lowest BCUT2D eigenvalue weighted by Crippen LogP contribution is -2.38. The Morgan fingerprint density at radius 2 is 2.10 bits per heavy atom. The summed E-state index contributed by atoms with van der Waals surface area (Å²) in [6, 6.07) is 5.24. The Bertz CT molecular complexity index is 493. The van der Waals surface area contributed by atoms with Gasteiger partial charge in [0.1, 0.15) is 0 Å². The summed E-state index contributed by atoms with van der Waals surface area (Å²) >= 11 is 1.86. The molecule has 0 radical (unpaired) electrons. The number of rotatable bonds is 4. The third kappa shape index (κ3) is 3.49. The molecule has 1 aliphatic heterocycles. The molecule has 2 unspecified atom stereocenters. The lowest BCUT2D eigenvalue weighted by molar-refractivity contribution is -0.134. The Hall–Kier alpha value is -0.870. The van der Waals surface area contributed by atoms with Crippen LogP contribution >= 0.6 is 11.3 Å². The molecular weight excluding hydrogens is 280 g/mol. The first-order valence-electron chi connectivity index (χ1n) is 8.24. The average molecular weight is 306 g/mol. The minimum Gasteiger partial charge on any atom is -0.341 e. The molecule has 1 saturated carbocycles. The fraction of sp³-hybridized carbons (Fsp3) is 0.706. The second-order valence-electron chi connectivity index (χ2n) is 6.59. The van der Waals surface area contributed by atoms with Crippen LogP contribution in [-0.4, -0.2) is 29.9 Å². The van der Waals surface area contributed by atoms with Gasteiger partial charge in [-0.05, 0) is 45.2 Å². The molecule has 2 fully saturated rings. The second-order valence-corrected chi connectivity index (χ2v) is 7.91. The summed E-state index contributed by atoms with van der Waals surface area (Å²) in [6.07, 6.45) is 5.78. The minimum atomic E-state index is 0.320. The Labute approximate surface area is 131 Å². The monoisotopic (exact) mass is 306 g/mol. The average Bonchev–Trinajstić information content (AvgIpc) is 3.18. The zero-order valence-electron chi connectivity index (χ0n) is 13.1. The van der Waals surface area contributed by atoms with E-state index >= 15 is 0 Å². The molecule has 1 amide bonds. The highest BCUT2D eigenvalue weighted by atomic mass is 32.1. The molecule has 21 heavy (non-hydrogen) atoms. The van der Waals surface area contributed by atoms with Crippen LogP contribution in [0.3, 0.4) is 0 Å². The van der Waals surface area contributed by atoms with Gasteiger partial charge in [0.25, 0.3) is 0 Å². The summed E-state index contributed by atoms with van der Waals surface area (Å²) in [7, 11) is 0. The van der Waals surface area contributed by atoms with E-state index in [0.29, 0.717) is 23.9 Å². The van der Waals surface area contributed by atoms with E-state index in [1.54, 1.807) is 0 Å².